The Balaban J connectivity index is 2.33. The Kier molecular flexibility index (Phi) is 3.31. The predicted molar refractivity (Wildman–Crippen MR) is 98.6 cm³/mol. The van der Waals surface area contributed by atoms with Gasteiger partial charge in [0.05, 0.1) is 11.4 Å². The fraction of sp³-hybridized carbons (Fsp3) is 0.400. The molecule has 128 valence electrons. The van der Waals surface area contributed by atoms with Gasteiger partial charge in [-0.25, -0.2) is 0 Å². The van der Waals surface area contributed by atoms with Gasteiger partial charge in [-0.1, -0.05) is 26.8 Å². The summed E-state index contributed by atoms with van der Waals surface area (Å²) in [5, 5.41) is 20.3. The van der Waals surface area contributed by atoms with Crippen LogP contribution in [0.5, 0.6) is 11.5 Å². The van der Waals surface area contributed by atoms with Gasteiger partial charge in [0.15, 0.2) is 0 Å². The van der Waals surface area contributed by atoms with Gasteiger partial charge >= 0.3 is 0 Å². The number of benzene rings is 2. The van der Waals surface area contributed by atoms with Crippen LogP contribution in [-0.2, 0) is 10.8 Å². The highest BCUT2D eigenvalue weighted by Gasteiger charge is 2.47. The van der Waals surface area contributed by atoms with E-state index >= 15 is 0 Å². The third-order valence-corrected chi connectivity index (χ3v) is 5.64. The van der Waals surface area contributed by atoms with Gasteiger partial charge in [-0.05, 0) is 65.6 Å². The summed E-state index contributed by atoms with van der Waals surface area (Å²) in [6.45, 7) is 10.4. The minimum absolute atomic E-state index is 0.0729. The van der Waals surface area contributed by atoms with Crippen LogP contribution in [0, 0.1) is 13.8 Å². The Morgan fingerprint density at radius 3 is 2.21 bits per heavy atom. The van der Waals surface area contributed by atoms with Crippen molar-refractivity contribution in [2.45, 2.75) is 51.9 Å². The molecule has 0 aliphatic heterocycles. The van der Waals surface area contributed by atoms with Crippen LogP contribution in [0.2, 0.25) is 0 Å². The van der Waals surface area contributed by atoms with Crippen molar-refractivity contribution in [2.75, 3.05) is 11.5 Å². The molecule has 2 aromatic rings. The fourth-order valence-electron chi connectivity index (χ4n) is 4.57. The standard InChI is InChI=1S/C20H26N2O2/c1-10-6-12(7-14(21)18(10)24)20(5)9-19(3,4)16-11(2)17(22)15(23)8-13(16)20/h6-8,23-24H,9,21-22H2,1-5H3. The fourth-order valence-corrected chi connectivity index (χ4v) is 4.57. The summed E-state index contributed by atoms with van der Waals surface area (Å²) < 4.78 is 0. The first-order valence-electron chi connectivity index (χ1n) is 8.21. The molecule has 0 radical (unpaired) electrons. The van der Waals surface area contributed by atoms with Crippen LogP contribution < -0.4 is 11.5 Å². The van der Waals surface area contributed by atoms with Gasteiger partial charge in [-0.2, -0.15) is 0 Å². The lowest BCUT2D eigenvalue weighted by molar-refractivity contribution is 0.422. The van der Waals surface area contributed by atoms with E-state index in [1.54, 1.807) is 6.07 Å². The molecule has 0 fully saturated rings. The first-order chi connectivity index (χ1) is 11.0. The molecular formula is C20H26N2O2. The van der Waals surface area contributed by atoms with E-state index in [1.165, 1.54) is 5.56 Å². The SMILES string of the molecule is Cc1cc(C2(C)CC(C)(C)c3c2cc(O)c(N)c3C)cc(N)c1O. The zero-order valence-electron chi connectivity index (χ0n) is 15.0. The first-order valence-corrected chi connectivity index (χ1v) is 8.21. The number of fused-ring (bicyclic) bond motifs is 1. The summed E-state index contributed by atoms with van der Waals surface area (Å²) >= 11 is 0. The molecule has 0 heterocycles. The molecule has 1 aliphatic carbocycles. The van der Waals surface area contributed by atoms with Gasteiger partial charge in [-0.15, -0.1) is 0 Å². The van der Waals surface area contributed by atoms with Crippen LogP contribution in [0.25, 0.3) is 0 Å². The lowest BCUT2D eigenvalue weighted by Gasteiger charge is -2.29. The van der Waals surface area contributed by atoms with Crippen LogP contribution in [-0.4, -0.2) is 10.2 Å². The Hall–Kier alpha value is -2.36. The van der Waals surface area contributed by atoms with E-state index in [2.05, 4.69) is 20.8 Å². The topological polar surface area (TPSA) is 92.5 Å². The maximum Gasteiger partial charge on any atom is 0.141 e. The normalized spacial score (nSPS) is 21.7. The lowest BCUT2D eigenvalue weighted by Crippen LogP contribution is -2.23. The number of hydrogen-bond donors (Lipinski definition) is 4. The van der Waals surface area contributed by atoms with Crippen LogP contribution in [0.3, 0.4) is 0 Å². The van der Waals surface area contributed by atoms with Gasteiger partial charge < -0.3 is 21.7 Å². The summed E-state index contributed by atoms with van der Waals surface area (Å²) in [6, 6.07) is 5.63. The molecule has 4 nitrogen and oxygen atoms in total. The largest absolute Gasteiger partial charge is 0.506 e. The Morgan fingerprint density at radius 2 is 1.62 bits per heavy atom. The van der Waals surface area contributed by atoms with Gasteiger partial charge in [0, 0.05) is 5.41 Å². The maximum absolute atomic E-state index is 10.3. The Labute approximate surface area is 143 Å². The van der Waals surface area contributed by atoms with E-state index in [1.807, 2.05) is 26.0 Å². The number of anilines is 2. The number of phenols is 2. The second-order valence-electron chi connectivity index (χ2n) is 7.98. The van der Waals surface area contributed by atoms with E-state index < -0.39 is 0 Å². The number of phenolic OH excluding ortho intramolecular Hbond substituents is 2. The number of aryl methyl sites for hydroxylation is 1. The van der Waals surface area contributed by atoms with Crippen LogP contribution >= 0.6 is 0 Å². The molecule has 24 heavy (non-hydrogen) atoms. The average molecular weight is 326 g/mol. The van der Waals surface area contributed by atoms with E-state index in [-0.39, 0.29) is 22.3 Å². The molecule has 3 rings (SSSR count). The molecule has 2 aromatic carbocycles. The molecule has 4 heteroatoms. The van der Waals surface area contributed by atoms with Crippen LogP contribution in [0.15, 0.2) is 18.2 Å². The third-order valence-electron chi connectivity index (χ3n) is 5.64. The lowest BCUT2D eigenvalue weighted by atomic mass is 9.74. The minimum atomic E-state index is -0.304. The highest BCUT2D eigenvalue weighted by atomic mass is 16.3. The highest BCUT2D eigenvalue weighted by molar-refractivity contribution is 5.69. The van der Waals surface area contributed by atoms with Gasteiger partial charge in [0.1, 0.15) is 11.5 Å². The summed E-state index contributed by atoms with van der Waals surface area (Å²) in [4.78, 5) is 0. The van der Waals surface area contributed by atoms with Crippen molar-refractivity contribution in [3.8, 4) is 11.5 Å². The zero-order chi connectivity index (χ0) is 18.0. The molecule has 1 atom stereocenters. The zero-order valence-corrected chi connectivity index (χ0v) is 15.0. The van der Waals surface area contributed by atoms with Crippen molar-refractivity contribution in [3.63, 3.8) is 0 Å². The second-order valence-corrected chi connectivity index (χ2v) is 7.98. The second kappa shape index (κ2) is 4.82. The number of rotatable bonds is 1. The maximum atomic E-state index is 10.3. The minimum Gasteiger partial charge on any atom is -0.506 e. The smallest absolute Gasteiger partial charge is 0.141 e. The van der Waals surface area contributed by atoms with Crippen LogP contribution in [0.4, 0.5) is 11.4 Å². The van der Waals surface area contributed by atoms with E-state index in [4.69, 9.17) is 11.5 Å². The molecule has 0 saturated carbocycles. The molecule has 0 aromatic heterocycles. The van der Waals surface area contributed by atoms with Crippen molar-refractivity contribution in [2.24, 2.45) is 0 Å². The van der Waals surface area contributed by atoms with Crippen molar-refractivity contribution in [1.82, 2.24) is 0 Å². The average Bonchev–Trinajstić information content (AvgIpc) is 2.68. The molecule has 1 unspecified atom stereocenters. The molecule has 0 bridgehead atoms. The summed E-state index contributed by atoms with van der Waals surface area (Å²) in [5.74, 6) is 0.259. The molecule has 0 amide bonds. The van der Waals surface area contributed by atoms with E-state index in [0.29, 0.717) is 11.4 Å². The highest BCUT2D eigenvalue weighted by Crippen LogP contribution is 2.56. The monoisotopic (exact) mass is 326 g/mol. The summed E-state index contributed by atoms with van der Waals surface area (Å²) in [6.07, 6.45) is 0.878. The molecule has 0 saturated heterocycles. The number of hydrogen-bond acceptors (Lipinski definition) is 4. The van der Waals surface area contributed by atoms with Gasteiger partial charge in [0.2, 0.25) is 0 Å². The third kappa shape index (κ3) is 2.05. The van der Waals surface area contributed by atoms with E-state index in [9.17, 15) is 10.2 Å². The molecule has 1 aliphatic rings. The van der Waals surface area contributed by atoms with Crippen molar-refractivity contribution < 1.29 is 10.2 Å². The van der Waals surface area contributed by atoms with Crippen LogP contribution in [0.1, 0.15) is 55.0 Å². The molecular weight excluding hydrogens is 300 g/mol. The number of aromatic hydroxyl groups is 2. The Bertz CT molecular complexity index is 832. The summed E-state index contributed by atoms with van der Waals surface area (Å²) in [5.41, 5.74) is 17.6. The van der Waals surface area contributed by atoms with Gasteiger partial charge in [-0.3, -0.25) is 0 Å². The quantitative estimate of drug-likeness (QED) is 0.473. The predicted octanol–water partition coefficient (Wildman–Crippen LogP) is 3.87. The number of nitrogens with two attached hydrogens (primary N) is 2. The summed E-state index contributed by atoms with van der Waals surface area (Å²) in [7, 11) is 0. The molecule has 0 spiro atoms. The number of nitrogen functional groups attached to an aromatic ring is 2. The Morgan fingerprint density at radius 1 is 1.00 bits per heavy atom. The van der Waals surface area contributed by atoms with E-state index in [0.717, 1.165) is 28.7 Å². The van der Waals surface area contributed by atoms with Crippen molar-refractivity contribution in [1.29, 1.82) is 0 Å². The van der Waals surface area contributed by atoms with Crippen molar-refractivity contribution >= 4 is 11.4 Å². The first kappa shape index (κ1) is 16.5. The molecule has 6 N–H and O–H groups in total. The van der Waals surface area contributed by atoms with Gasteiger partial charge in [0.25, 0.3) is 0 Å². The van der Waals surface area contributed by atoms with Crippen molar-refractivity contribution in [3.05, 3.63) is 46.0 Å².